The van der Waals surface area contributed by atoms with Gasteiger partial charge in [-0.25, -0.2) is 4.39 Å². The van der Waals surface area contributed by atoms with E-state index in [4.69, 9.17) is 9.47 Å². The molecule has 1 aromatic heterocycles. The lowest BCUT2D eigenvalue weighted by atomic mass is 10.0. The van der Waals surface area contributed by atoms with Gasteiger partial charge in [0.05, 0.1) is 26.8 Å². The standard InChI is InChI=1S/C25H27FN2O3S/c1-30-19-11-12-20(22(15-19)31-2)21-5-3-13-28(21)16-24(29)27-25(23-6-4-14-32-23)17-7-9-18(26)10-8-17/h4,6-12,14-15,21,25H,3,5,13,16H2,1-2H3,(H,27,29). The molecular weight excluding hydrogens is 427 g/mol. The Morgan fingerprint density at radius 3 is 2.69 bits per heavy atom. The maximum absolute atomic E-state index is 13.4. The summed E-state index contributed by atoms with van der Waals surface area (Å²) in [5, 5.41) is 5.13. The van der Waals surface area contributed by atoms with Crippen molar-refractivity contribution in [3.63, 3.8) is 0 Å². The molecule has 0 bridgehead atoms. The van der Waals surface area contributed by atoms with Crippen molar-refractivity contribution in [2.75, 3.05) is 27.3 Å². The van der Waals surface area contributed by atoms with Gasteiger partial charge < -0.3 is 14.8 Å². The third-order valence-corrected chi connectivity index (χ3v) is 6.78. The summed E-state index contributed by atoms with van der Waals surface area (Å²) in [6, 6.07) is 15.9. The lowest BCUT2D eigenvalue weighted by Crippen LogP contribution is -2.39. The number of hydrogen-bond donors (Lipinski definition) is 1. The molecule has 7 heteroatoms. The Morgan fingerprint density at radius 1 is 1.19 bits per heavy atom. The molecule has 1 amide bonds. The van der Waals surface area contributed by atoms with Gasteiger partial charge in [0.25, 0.3) is 0 Å². The molecule has 1 fully saturated rings. The summed E-state index contributed by atoms with van der Waals surface area (Å²) in [6.45, 7) is 1.12. The van der Waals surface area contributed by atoms with Crippen molar-refractivity contribution in [3.05, 3.63) is 81.8 Å². The van der Waals surface area contributed by atoms with Crippen molar-refractivity contribution in [2.24, 2.45) is 0 Å². The highest BCUT2D eigenvalue weighted by Gasteiger charge is 2.30. The smallest absolute Gasteiger partial charge is 0.234 e. The number of nitrogens with zero attached hydrogens (tertiary/aromatic N) is 1. The van der Waals surface area contributed by atoms with Crippen LogP contribution in [-0.4, -0.2) is 38.1 Å². The van der Waals surface area contributed by atoms with Crippen LogP contribution in [0.1, 0.15) is 40.9 Å². The van der Waals surface area contributed by atoms with E-state index in [1.807, 2.05) is 35.7 Å². The van der Waals surface area contributed by atoms with E-state index in [9.17, 15) is 9.18 Å². The van der Waals surface area contributed by atoms with Crippen LogP contribution < -0.4 is 14.8 Å². The van der Waals surface area contributed by atoms with E-state index in [-0.39, 0.29) is 30.4 Å². The molecule has 0 saturated carbocycles. The molecule has 2 atom stereocenters. The first kappa shape index (κ1) is 22.3. The van der Waals surface area contributed by atoms with Gasteiger partial charge in [-0.2, -0.15) is 0 Å². The summed E-state index contributed by atoms with van der Waals surface area (Å²) in [7, 11) is 3.28. The van der Waals surface area contributed by atoms with Crippen molar-refractivity contribution in [1.82, 2.24) is 10.2 Å². The van der Waals surface area contributed by atoms with Crippen LogP contribution in [0.25, 0.3) is 0 Å². The monoisotopic (exact) mass is 454 g/mol. The zero-order chi connectivity index (χ0) is 22.5. The topological polar surface area (TPSA) is 50.8 Å². The molecule has 3 aromatic rings. The van der Waals surface area contributed by atoms with Crippen LogP contribution in [0.15, 0.2) is 60.0 Å². The van der Waals surface area contributed by atoms with Crippen molar-refractivity contribution >= 4 is 17.2 Å². The van der Waals surface area contributed by atoms with E-state index in [1.54, 1.807) is 37.7 Å². The van der Waals surface area contributed by atoms with Crippen LogP contribution >= 0.6 is 11.3 Å². The Morgan fingerprint density at radius 2 is 2.00 bits per heavy atom. The van der Waals surface area contributed by atoms with Gasteiger partial charge in [0.2, 0.25) is 5.91 Å². The number of amides is 1. The first-order chi connectivity index (χ1) is 15.6. The highest BCUT2D eigenvalue weighted by molar-refractivity contribution is 7.10. The van der Waals surface area contributed by atoms with Crippen LogP contribution in [0.3, 0.4) is 0 Å². The zero-order valence-corrected chi connectivity index (χ0v) is 19.0. The summed E-state index contributed by atoms with van der Waals surface area (Å²) in [4.78, 5) is 16.3. The van der Waals surface area contributed by atoms with Crippen LogP contribution in [0, 0.1) is 5.82 Å². The van der Waals surface area contributed by atoms with Crippen LogP contribution in [0.4, 0.5) is 4.39 Å². The second kappa shape index (κ2) is 10.1. The molecule has 4 rings (SSSR count). The minimum atomic E-state index is -0.306. The Balaban J connectivity index is 1.50. The average molecular weight is 455 g/mol. The van der Waals surface area contributed by atoms with E-state index < -0.39 is 0 Å². The minimum Gasteiger partial charge on any atom is -0.497 e. The molecule has 1 aliphatic rings. The van der Waals surface area contributed by atoms with Gasteiger partial charge in [-0.3, -0.25) is 9.69 Å². The summed E-state index contributed by atoms with van der Waals surface area (Å²) < 4.78 is 24.3. The maximum Gasteiger partial charge on any atom is 0.234 e. The van der Waals surface area contributed by atoms with Gasteiger partial charge in [0.15, 0.2) is 0 Å². The second-order valence-electron chi connectivity index (χ2n) is 7.80. The number of likely N-dealkylation sites (tertiary alicyclic amines) is 1. The van der Waals surface area contributed by atoms with Gasteiger partial charge in [-0.1, -0.05) is 24.3 Å². The molecule has 2 heterocycles. The molecular formula is C25H27FN2O3S. The van der Waals surface area contributed by atoms with Crippen LogP contribution in [-0.2, 0) is 4.79 Å². The number of thiophene rings is 1. The molecule has 5 nitrogen and oxygen atoms in total. The molecule has 168 valence electrons. The molecule has 0 radical (unpaired) electrons. The van der Waals surface area contributed by atoms with Crippen molar-refractivity contribution in [2.45, 2.75) is 24.9 Å². The van der Waals surface area contributed by atoms with Crippen molar-refractivity contribution in [1.29, 1.82) is 0 Å². The number of carbonyl (C=O) groups excluding carboxylic acids is 1. The summed E-state index contributed by atoms with van der Waals surface area (Å²) >= 11 is 1.57. The summed E-state index contributed by atoms with van der Waals surface area (Å²) in [6.07, 6.45) is 1.97. The molecule has 0 aliphatic carbocycles. The first-order valence-electron chi connectivity index (χ1n) is 10.6. The Kier molecular flexibility index (Phi) is 7.07. The average Bonchev–Trinajstić information content (AvgIpc) is 3.50. The number of rotatable bonds is 8. The molecule has 32 heavy (non-hydrogen) atoms. The maximum atomic E-state index is 13.4. The number of benzene rings is 2. The zero-order valence-electron chi connectivity index (χ0n) is 18.2. The number of methoxy groups -OCH3 is 2. The Bertz CT molecular complexity index is 1040. The largest absolute Gasteiger partial charge is 0.497 e. The lowest BCUT2D eigenvalue weighted by Gasteiger charge is -2.27. The fraction of sp³-hybridized carbons (Fsp3) is 0.320. The SMILES string of the molecule is COc1ccc(C2CCCN2CC(=O)NC(c2ccc(F)cc2)c2cccs2)c(OC)c1. The van der Waals surface area contributed by atoms with E-state index in [2.05, 4.69) is 10.2 Å². The summed E-state index contributed by atoms with van der Waals surface area (Å²) in [5.41, 5.74) is 1.92. The van der Waals surface area contributed by atoms with E-state index in [0.29, 0.717) is 0 Å². The number of nitrogens with one attached hydrogen (secondary N) is 1. The van der Waals surface area contributed by atoms with Gasteiger partial charge >= 0.3 is 0 Å². The molecule has 0 spiro atoms. The van der Waals surface area contributed by atoms with E-state index in [0.717, 1.165) is 46.9 Å². The lowest BCUT2D eigenvalue weighted by molar-refractivity contribution is -0.123. The number of hydrogen-bond acceptors (Lipinski definition) is 5. The van der Waals surface area contributed by atoms with E-state index in [1.165, 1.54) is 12.1 Å². The third kappa shape index (κ3) is 4.95. The van der Waals surface area contributed by atoms with Crippen LogP contribution in [0.5, 0.6) is 11.5 Å². The number of carbonyl (C=O) groups is 1. The highest BCUT2D eigenvalue weighted by Crippen LogP contribution is 2.38. The number of ether oxygens (including phenoxy) is 2. The van der Waals surface area contributed by atoms with Crippen molar-refractivity contribution < 1.29 is 18.7 Å². The quantitative estimate of drug-likeness (QED) is 0.523. The first-order valence-corrected chi connectivity index (χ1v) is 11.5. The molecule has 2 aromatic carbocycles. The van der Waals surface area contributed by atoms with Crippen LogP contribution in [0.2, 0.25) is 0 Å². The predicted molar refractivity (Wildman–Crippen MR) is 124 cm³/mol. The normalized spacial score (nSPS) is 17.2. The fourth-order valence-electron chi connectivity index (χ4n) is 4.28. The number of halogens is 1. The van der Waals surface area contributed by atoms with Crippen molar-refractivity contribution in [3.8, 4) is 11.5 Å². The second-order valence-corrected chi connectivity index (χ2v) is 8.78. The third-order valence-electron chi connectivity index (χ3n) is 5.85. The minimum absolute atomic E-state index is 0.0629. The molecule has 1 aliphatic heterocycles. The van der Waals surface area contributed by atoms with Gasteiger partial charge in [-0.05, 0) is 54.6 Å². The Hall–Kier alpha value is -2.90. The highest BCUT2D eigenvalue weighted by atomic mass is 32.1. The van der Waals surface area contributed by atoms with Gasteiger partial charge in [0.1, 0.15) is 17.3 Å². The molecule has 1 saturated heterocycles. The van der Waals surface area contributed by atoms with E-state index >= 15 is 0 Å². The van der Waals surface area contributed by atoms with Gasteiger partial charge in [-0.15, -0.1) is 11.3 Å². The Labute approximate surface area is 191 Å². The molecule has 2 unspecified atom stereocenters. The molecule has 1 N–H and O–H groups in total. The predicted octanol–water partition coefficient (Wildman–Crippen LogP) is 4.95. The summed E-state index contributed by atoms with van der Waals surface area (Å²) in [5.74, 6) is 1.15. The van der Waals surface area contributed by atoms with Gasteiger partial charge in [0, 0.05) is 22.5 Å². The fourth-order valence-corrected chi connectivity index (χ4v) is 5.08.